The Balaban J connectivity index is 0.000000345. The van der Waals surface area contributed by atoms with Crippen molar-refractivity contribution < 1.29 is 36.4 Å². The van der Waals surface area contributed by atoms with E-state index in [1.54, 1.807) is 0 Å². The van der Waals surface area contributed by atoms with E-state index in [-0.39, 0.29) is 16.0 Å². The van der Waals surface area contributed by atoms with Crippen LogP contribution in [0.5, 0.6) is 0 Å². The molecular formula is C15H18F3N3O6S. The van der Waals surface area contributed by atoms with Gasteiger partial charge >= 0.3 is 12.1 Å². The van der Waals surface area contributed by atoms with Gasteiger partial charge in [0.25, 0.3) is 5.69 Å². The maximum atomic E-state index is 12.6. The van der Waals surface area contributed by atoms with Gasteiger partial charge in [0.15, 0.2) is 4.90 Å². The van der Waals surface area contributed by atoms with Gasteiger partial charge in [-0.3, -0.25) is 10.1 Å². The quantitative estimate of drug-likeness (QED) is 0.556. The number of carboxylic acid groups (broad SMARTS) is 1. The summed E-state index contributed by atoms with van der Waals surface area (Å²) in [4.78, 5) is 19.1. The van der Waals surface area contributed by atoms with E-state index in [0.29, 0.717) is 13.1 Å². The number of nitro benzene ring substituents is 1. The number of nitro groups is 1. The first-order chi connectivity index (χ1) is 12.9. The molecule has 156 valence electrons. The van der Waals surface area contributed by atoms with Crippen LogP contribution in [0.2, 0.25) is 0 Å². The number of carboxylic acids is 1. The number of para-hydroxylation sites is 1. The molecule has 2 heterocycles. The summed E-state index contributed by atoms with van der Waals surface area (Å²) in [5.41, 5.74) is -0.127. The Morgan fingerprint density at radius 1 is 1.21 bits per heavy atom. The Labute approximate surface area is 158 Å². The molecule has 0 aliphatic carbocycles. The number of nitrogens with one attached hydrogen (secondary N) is 1. The van der Waals surface area contributed by atoms with E-state index < -0.39 is 27.1 Å². The molecule has 0 bridgehead atoms. The molecular weight excluding hydrogens is 407 g/mol. The summed E-state index contributed by atoms with van der Waals surface area (Å²) in [6, 6.07) is 5.53. The van der Waals surface area contributed by atoms with Crippen LogP contribution in [0.1, 0.15) is 12.8 Å². The molecule has 3 rings (SSSR count). The van der Waals surface area contributed by atoms with Crippen LogP contribution in [0, 0.1) is 15.5 Å². The summed E-state index contributed by atoms with van der Waals surface area (Å²) >= 11 is 0. The number of piperidine rings is 1. The van der Waals surface area contributed by atoms with Crippen LogP contribution >= 0.6 is 0 Å². The number of carbonyl (C=O) groups is 1. The second kappa shape index (κ2) is 8.01. The van der Waals surface area contributed by atoms with E-state index in [1.807, 2.05) is 0 Å². The minimum atomic E-state index is -5.08. The largest absolute Gasteiger partial charge is 0.490 e. The van der Waals surface area contributed by atoms with Crippen LogP contribution in [-0.2, 0) is 14.8 Å². The van der Waals surface area contributed by atoms with E-state index in [0.717, 1.165) is 25.9 Å². The van der Waals surface area contributed by atoms with Crippen molar-refractivity contribution in [2.75, 3.05) is 26.2 Å². The summed E-state index contributed by atoms with van der Waals surface area (Å²) in [7, 11) is -3.80. The molecule has 28 heavy (non-hydrogen) atoms. The number of alkyl halides is 3. The summed E-state index contributed by atoms with van der Waals surface area (Å²) in [6.45, 7) is 2.73. The molecule has 1 aromatic carbocycles. The van der Waals surface area contributed by atoms with Gasteiger partial charge in [0, 0.05) is 32.2 Å². The fourth-order valence-electron chi connectivity index (χ4n) is 3.00. The van der Waals surface area contributed by atoms with Crippen molar-refractivity contribution in [3.8, 4) is 0 Å². The number of hydrogen-bond donors (Lipinski definition) is 2. The lowest BCUT2D eigenvalue weighted by atomic mass is 9.74. The number of halogens is 3. The topological polar surface area (TPSA) is 130 Å². The summed E-state index contributed by atoms with van der Waals surface area (Å²) in [5.74, 6) is -2.76. The van der Waals surface area contributed by atoms with Gasteiger partial charge < -0.3 is 10.4 Å². The maximum Gasteiger partial charge on any atom is 0.490 e. The molecule has 1 spiro atoms. The highest BCUT2D eigenvalue weighted by atomic mass is 32.2. The van der Waals surface area contributed by atoms with Gasteiger partial charge in [-0.05, 0) is 24.3 Å². The molecule has 2 aliphatic heterocycles. The van der Waals surface area contributed by atoms with Crippen LogP contribution in [0.25, 0.3) is 0 Å². The Kier molecular flexibility index (Phi) is 6.31. The highest BCUT2D eigenvalue weighted by Crippen LogP contribution is 2.37. The van der Waals surface area contributed by atoms with E-state index in [1.165, 1.54) is 28.6 Å². The molecule has 2 aliphatic rings. The molecule has 0 atom stereocenters. The number of benzene rings is 1. The number of hydrogen-bond acceptors (Lipinski definition) is 6. The van der Waals surface area contributed by atoms with Crippen molar-refractivity contribution >= 4 is 21.7 Å². The molecule has 0 saturated carbocycles. The first kappa shape index (κ1) is 22.0. The van der Waals surface area contributed by atoms with Crippen molar-refractivity contribution in [2.24, 2.45) is 5.41 Å². The molecule has 2 N–H and O–H groups in total. The third-order valence-electron chi connectivity index (χ3n) is 4.71. The second-order valence-electron chi connectivity index (χ2n) is 6.54. The minimum absolute atomic E-state index is 0.210. The maximum absolute atomic E-state index is 12.6. The lowest BCUT2D eigenvalue weighted by Crippen LogP contribution is -2.58. The van der Waals surface area contributed by atoms with Crippen molar-refractivity contribution in [3.05, 3.63) is 34.4 Å². The predicted molar refractivity (Wildman–Crippen MR) is 90.1 cm³/mol. The molecule has 2 fully saturated rings. The molecule has 0 amide bonds. The predicted octanol–water partition coefficient (Wildman–Crippen LogP) is 1.60. The van der Waals surface area contributed by atoms with Gasteiger partial charge in [-0.1, -0.05) is 12.1 Å². The average molecular weight is 425 g/mol. The van der Waals surface area contributed by atoms with Crippen molar-refractivity contribution in [1.82, 2.24) is 9.62 Å². The number of aliphatic carboxylic acids is 1. The molecule has 0 radical (unpaired) electrons. The fourth-order valence-corrected chi connectivity index (χ4v) is 4.60. The zero-order chi connectivity index (χ0) is 21.2. The van der Waals surface area contributed by atoms with E-state index >= 15 is 0 Å². The van der Waals surface area contributed by atoms with Gasteiger partial charge in [0.1, 0.15) is 0 Å². The van der Waals surface area contributed by atoms with Crippen molar-refractivity contribution in [3.63, 3.8) is 0 Å². The van der Waals surface area contributed by atoms with Gasteiger partial charge in [-0.2, -0.15) is 17.5 Å². The Bertz CT molecular complexity index is 845. The van der Waals surface area contributed by atoms with Crippen molar-refractivity contribution in [1.29, 1.82) is 0 Å². The number of rotatable bonds is 3. The molecule has 0 aromatic heterocycles. The van der Waals surface area contributed by atoms with Crippen LogP contribution in [-0.4, -0.2) is 61.1 Å². The zero-order valence-electron chi connectivity index (χ0n) is 14.5. The van der Waals surface area contributed by atoms with Gasteiger partial charge in [-0.15, -0.1) is 0 Å². The molecule has 2 saturated heterocycles. The first-order valence-corrected chi connectivity index (χ1v) is 9.57. The highest BCUT2D eigenvalue weighted by molar-refractivity contribution is 7.89. The monoisotopic (exact) mass is 425 g/mol. The Morgan fingerprint density at radius 2 is 1.71 bits per heavy atom. The van der Waals surface area contributed by atoms with E-state index in [9.17, 15) is 31.7 Å². The number of nitrogens with zero attached hydrogens (tertiary/aromatic N) is 2. The van der Waals surface area contributed by atoms with E-state index in [4.69, 9.17) is 9.90 Å². The number of sulfonamides is 1. The van der Waals surface area contributed by atoms with Crippen LogP contribution in [0.4, 0.5) is 18.9 Å². The second-order valence-corrected chi connectivity index (χ2v) is 8.44. The summed E-state index contributed by atoms with van der Waals surface area (Å²) in [5, 5.41) is 21.4. The third kappa shape index (κ3) is 4.77. The summed E-state index contributed by atoms with van der Waals surface area (Å²) < 4.78 is 58.4. The third-order valence-corrected chi connectivity index (χ3v) is 6.65. The Hall–Kier alpha value is -2.25. The molecule has 0 unspecified atom stereocenters. The Morgan fingerprint density at radius 3 is 2.11 bits per heavy atom. The smallest absolute Gasteiger partial charge is 0.475 e. The molecule has 13 heteroatoms. The normalized spacial score (nSPS) is 19.2. The minimum Gasteiger partial charge on any atom is -0.475 e. The van der Waals surface area contributed by atoms with E-state index in [2.05, 4.69) is 5.32 Å². The van der Waals surface area contributed by atoms with Gasteiger partial charge in [0.05, 0.1) is 4.92 Å². The SMILES string of the molecule is O=C(O)C(F)(F)F.O=[N+]([O-])c1ccccc1S(=O)(=O)N1CCC2(CC1)CNC2. The lowest BCUT2D eigenvalue weighted by molar-refractivity contribution is -0.387. The van der Waals surface area contributed by atoms with Gasteiger partial charge in [0.2, 0.25) is 10.0 Å². The average Bonchev–Trinajstić information content (AvgIpc) is 2.60. The van der Waals surface area contributed by atoms with Crippen LogP contribution < -0.4 is 5.32 Å². The van der Waals surface area contributed by atoms with Crippen LogP contribution in [0.3, 0.4) is 0 Å². The highest BCUT2D eigenvalue weighted by Gasteiger charge is 2.43. The summed E-state index contributed by atoms with van der Waals surface area (Å²) in [6.07, 6.45) is -3.47. The standard InChI is InChI=1S/C13H17N3O4S.C2HF3O2/c17-16(18)11-3-1-2-4-12(11)21(19,20)15-7-5-13(6-8-15)9-14-10-13;3-2(4,5)1(6)7/h1-4,14H,5-10H2;(H,6,7). The zero-order valence-corrected chi connectivity index (χ0v) is 15.3. The van der Waals surface area contributed by atoms with Crippen LogP contribution in [0.15, 0.2) is 29.2 Å². The van der Waals surface area contributed by atoms with Gasteiger partial charge in [-0.25, -0.2) is 13.2 Å². The van der Waals surface area contributed by atoms with Crippen molar-refractivity contribution in [2.45, 2.75) is 23.9 Å². The first-order valence-electron chi connectivity index (χ1n) is 8.13. The fraction of sp³-hybridized carbons (Fsp3) is 0.533. The molecule has 1 aromatic rings. The lowest BCUT2D eigenvalue weighted by Gasteiger charge is -2.47. The molecule has 9 nitrogen and oxygen atoms in total.